The average molecular weight is 243 g/mol. The first-order chi connectivity index (χ1) is 8.61. The summed E-state index contributed by atoms with van der Waals surface area (Å²) in [5.41, 5.74) is 6.29. The van der Waals surface area contributed by atoms with Gasteiger partial charge in [0.05, 0.1) is 12.2 Å². The fraction of sp³-hybridized carbons (Fsp3) is 0.400. The summed E-state index contributed by atoms with van der Waals surface area (Å²) < 4.78 is 2.09. The van der Waals surface area contributed by atoms with E-state index in [0.29, 0.717) is 0 Å². The Kier molecular flexibility index (Phi) is 3.82. The van der Waals surface area contributed by atoms with Crippen molar-refractivity contribution in [2.24, 2.45) is 0 Å². The van der Waals surface area contributed by atoms with Crippen LogP contribution in [0.4, 0.5) is 0 Å². The van der Waals surface area contributed by atoms with Crippen molar-refractivity contribution >= 4 is 0 Å². The molecule has 0 radical (unpaired) electrons. The number of nitrogens with zero attached hydrogens (tertiary/aromatic N) is 2. The Labute approximate surface area is 109 Å². The lowest BCUT2D eigenvalue weighted by molar-refractivity contribution is 0.657. The predicted octanol–water partition coefficient (Wildman–Crippen LogP) is 2.58. The lowest BCUT2D eigenvalue weighted by Crippen LogP contribution is -2.07. The molecule has 0 aliphatic carbocycles. The van der Waals surface area contributed by atoms with Gasteiger partial charge in [-0.25, -0.2) is 0 Å². The monoisotopic (exact) mass is 243 g/mol. The topological polar surface area (TPSA) is 29.9 Å². The number of hydrogen-bond donors (Lipinski definition) is 1. The van der Waals surface area contributed by atoms with Crippen molar-refractivity contribution in [2.75, 3.05) is 7.05 Å². The van der Waals surface area contributed by atoms with Gasteiger partial charge in [-0.1, -0.05) is 24.3 Å². The van der Waals surface area contributed by atoms with E-state index in [4.69, 9.17) is 0 Å². The van der Waals surface area contributed by atoms with Gasteiger partial charge in [-0.3, -0.25) is 4.68 Å². The van der Waals surface area contributed by atoms with E-state index in [2.05, 4.69) is 60.1 Å². The minimum atomic E-state index is 0.845. The second-order valence-corrected chi connectivity index (χ2v) is 4.80. The molecule has 0 bridgehead atoms. The molecule has 1 aromatic carbocycles. The van der Waals surface area contributed by atoms with Crippen LogP contribution in [0, 0.1) is 20.8 Å². The molecule has 0 saturated carbocycles. The molecular weight excluding hydrogens is 222 g/mol. The van der Waals surface area contributed by atoms with Crippen LogP contribution >= 0.6 is 0 Å². The molecule has 0 saturated heterocycles. The normalized spacial score (nSPS) is 10.9. The first-order valence-corrected chi connectivity index (χ1v) is 6.35. The lowest BCUT2D eigenvalue weighted by atomic mass is 10.1. The molecule has 0 unspecified atom stereocenters. The van der Waals surface area contributed by atoms with Crippen LogP contribution in [0.3, 0.4) is 0 Å². The zero-order chi connectivity index (χ0) is 13.1. The summed E-state index contributed by atoms with van der Waals surface area (Å²) in [4.78, 5) is 0. The number of rotatable bonds is 4. The predicted molar refractivity (Wildman–Crippen MR) is 74.7 cm³/mol. The van der Waals surface area contributed by atoms with Crippen molar-refractivity contribution in [3.63, 3.8) is 0 Å². The van der Waals surface area contributed by atoms with Gasteiger partial charge in [-0.15, -0.1) is 0 Å². The summed E-state index contributed by atoms with van der Waals surface area (Å²) in [6.07, 6.45) is 0. The Morgan fingerprint density at radius 3 is 2.50 bits per heavy atom. The number of aromatic nitrogens is 2. The van der Waals surface area contributed by atoms with Crippen LogP contribution in [0.5, 0.6) is 0 Å². The molecule has 0 aliphatic heterocycles. The SMILES string of the molecule is CNCc1cccc(Cn2nc(C)c(C)c2C)c1. The number of benzene rings is 1. The standard InChI is InChI=1S/C15H21N3/c1-11-12(2)17-18(13(11)3)10-15-7-5-6-14(8-15)9-16-4/h5-8,16H,9-10H2,1-4H3. The smallest absolute Gasteiger partial charge is 0.0662 e. The van der Waals surface area contributed by atoms with Crippen molar-refractivity contribution in [3.8, 4) is 0 Å². The summed E-state index contributed by atoms with van der Waals surface area (Å²) in [7, 11) is 1.97. The Bertz CT molecular complexity index is 541. The third-order valence-corrected chi connectivity index (χ3v) is 3.45. The molecule has 1 N–H and O–H groups in total. The number of hydrogen-bond acceptors (Lipinski definition) is 2. The van der Waals surface area contributed by atoms with E-state index in [1.165, 1.54) is 22.4 Å². The van der Waals surface area contributed by atoms with Gasteiger partial charge in [0, 0.05) is 12.2 Å². The summed E-state index contributed by atoms with van der Waals surface area (Å²) in [6.45, 7) is 8.08. The Hall–Kier alpha value is -1.61. The summed E-state index contributed by atoms with van der Waals surface area (Å²) in [5, 5.41) is 7.76. The highest BCUT2D eigenvalue weighted by molar-refractivity contribution is 5.26. The van der Waals surface area contributed by atoms with Crippen molar-refractivity contribution < 1.29 is 0 Å². The number of aryl methyl sites for hydroxylation is 1. The Balaban J connectivity index is 2.23. The van der Waals surface area contributed by atoms with E-state index in [-0.39, 0.29) is 0 Å². The molecule has 0 atom stereocenters. The second kappa shape index (κ2) is 5.36. The molecule has 3 heteroatoms. The van der Waals surface area contributed by atoms with Gasteiger partial charge in [0.25, 0.3) is 0 Å². The highest BCUT2D eigenvalue weighted by atomic mass is 15.3. The molecule has 0 spiro atoms. The van der Waals surface area contributed by atoms with E-state index < -0.39 is 0 Å². The third kappa shape index (κ3) is 2.62. The van der Waals surface area contributed by atoms with Crippen molar-refractivity contribution in [3.05, 3.63) is 52.3 Å². The van der Waals surface area contributed by atoms with Crippen LogP contribution in [-0.2, 0) is 13.1 Å². The fourth-order valence-electron chi connectivity index (χ4n) is 2.16. The first kappa shape index (κ1) is 12.8. The molecule has 0 aliphatic rings. The van der Waals surface area contributed by atoms with Crippen LogP contribution in [0.1, 0.15) is 28.1 Å². The summed E-state index contributed by atoms with van der Waals surface area (Å²) in [5.74, 6) is 0. The molecule has 2 aromatic rings. The van der Waals surface area contributed by atoms with Crippen LogP contribution in [0.2, 0.25) is 0 Å². The van der Waals surface area contributed by atoms with Gasteiger partial charge in [-0.2, -0.15) is 5.10 Å². The fourth-order valence-corrected chi connectivity index (χ4v) is 2.16. The van der Waals surface area contributed by atoms with Crippen molar-refractivity contribution in [1.29, 1.82) is 0 Å². The molecule has 1 aromatic heterocycles. The molecular formula is C15H21N3. The van der Waals surface area contributed by atoms with Crippen LogP contribution < -0.4 is 5.32 Å². The maximum atomic E-state index is 4.58. The highest BCUT2D eigenvalue weighted by Crippen LogP contribution is 2.14. The van der Waals surface area contributed by atoms with Gasteiger partial charge in [0.1, 0.15) is 0 Å². The zero-order valence-corrected chi connectivity index (χ0v) is 11.6. The Morgan fingerprint density at radius 2 is 1.89 bits per heavy atom. The van der Waals surface area contributed by atoms with E-state index in [1.807, 2.05) is 7.05 Å². The van der Waals surface area contributed by atoms with E-state index in [9.17, 15) is 0 Å². The summed E-state index contributed by atoms with van der Waals surface area (Å²) in [6, 6.07) is 8.65. The second-order valence-electron chi connectivity index (χ2n) is 4.80. The largest absolute Gasteiger partial charge is 0.316 e. The van der Waals surface area contributed by atoms with Gasteiger partial charge in [0.2, 0.25) is 0 Å². The van der Waals surface area contributed by atoms with Crippen molar-refractivity contribution in [1.82, 2.24) is 15.1 Å². The maximum Gasteiger partial charge on any atom is 0.0662 e. The molecule has 18 heavy (non-hydrogen) atoms. The molecule has 3 nitrogen and oxygen atoms in total. The molecule has 0 fully saturated rings. The van der Waals surface area contributed by atoms with Crippen LogP contribution in [-0.4, -0.2) is 16.8 Å². The van der Waals surface area contributed by atoms with Gasteiger partial charge < -0.3 is 5.32 Å². The van der Waals surface area contributed by atoms with Crippen LogP contribution in [0.25, 0.3) is 0 Å². The summed E-state index contributed by atoms with van der Waals surface area (Å²) >= 11 is 0. The van der Waals surface area contributed by atoms with Gasteiger partial charge >= 0.3 is 0 Å². The zero-order valence-electron chi connectivity index (χ0n) is 11.6. The third-order valence-electron chi connectivity index (χ3n) is 3.45. The average Bonchev–Trinajstić information content (AvgIpc) is 2.58. The maximum absolute atomic E-state index is 4.58. The van der Waals surface area contributed by atoms with E-state index in [0.717, 1.165) is 18.8 Å². The quantitative estimate of drug-likeness (QED) is 0.894. The molecule has 0 amide bonds. The molecule has 1 heterocycles. The van der Waals surface area contributed by atoms with E-state index in [1.54, 1.807) is 0 Å². The van der Waals surface area contributed by atoms with Crippen LogP contribution in [0.15, 0.2) is 24.3 Å². The Morgan fingerprint density at radius 1 is 1.17 bits per heavy atom. The van der Waals surface area contributed by atoms with Gasteiger partial charge in [-0.05, 0) is 44.5 Å². The molecule has 2 rings (SSSR count). The van der Waals surface area contributed by atoms with E-state index >= 15 is 0 Å². The minimum absolute atomic E-state index is 0.845. The van der Waals surface area contributed by atoms with Crippen molar-refractivity contribution in [2.45, 2.75) is 33.9 Å². The lowest BCUT2D eigenvalue weighted by Gasteiger charge is -2.07. The first-order valence-electron chi connectivity index (χ1n) is 6.35. The number of nitrogens with one attached hydrogen (secondary N) is 1. The highest BCUT2D eigenvalue weighted by Gasteiger charge is 2.07. The molecule has 96 valence electrons. The van der Waals surface area contributed by atoms with Gasteiger partial charge in [0.15, 0.2) is 0 Å². The minimum Gasteiger partial charge on any atom is -0.316 e.